The van der Waals surface area contributed by atoms with E-state index in [1.54, 1.807) is 13.1 Å². The first kappa shape index (κ1) is 24.1. The van der Waals surface area contributed by atoms with Gasteiger partial charge in [-0.1, -0.05) is 30.3 Å². The number of nitrogens with one attached hydrogen (secondary N) is 2. The normalized spacial score (nSPS) is 16.3. The molecule has 0 radical (unpaired) electrons. The number of thiophene rings is 1. The highest BCUT2D eigenvalue weighted by Crippen LogP contribution is 2.24. The van der Waals surface area contributed by atoms with Gasteiger partial charge in [0.2, 0.25) is 10.0 Å². The summed E-state index contributed by atoms with van der Waals surface area (Å²) in [6.07, 6.45) is 2.47. The number of nitrogens with two attached hydrogens (primary N) is 1. The molecule has 1 atom stereocenters. The van der Waals surface area contributed by atoms with E-state index in [2.05, 4.69) is 44.8 Å². The maximum absolute atomic E-state index is 11.4. The van der Waals surface area contributed by atoms with Crippen LogP contribution in [-0.2, 0) is 16.6 Å². The molecule has 0 spiro atoms. The zero-order valence-corrected chi connectivity index (χ0v) is 20.3. The summed E-state index contributed by atoms with van der Waals surface area (Å²) in [6.45, 7) is 3.45. The lowest BCUT2D eigenvalue weighted by molar-refractivity contribution is 0.245. The molecule has 29 heavy (non-hydrogen) atoms. The van der Waals surface area contributed by atoms with Crippen molar-refractivity contribution in [2.75, 3.05) is 26.7 Å². The number of rotatable bonds is 7. The summed E-state index contributed by atoms with van der Waals surface area (Å²) in [5, 5.41) is 11.8. The number of nitrogens with zero attached hydrogens (tertiary/aromatic N) is 2. The molecule has 1 fully saturated rings. The summed E-state index contributed by atoms with van der Waals surface area (Å²) in [5.41, 5.74) is 1.29. The molecule has 0 bridgehead atoms. The standard InChI is InChI=1S/C19H27N5O2S2.HI/c1-21-19(22-13-16-9-10-18(27-16)28(20,25)26)23-14-17(24-11-5-6-12-24)15-7-3-2-4-8-15;/h2-4,7-10,17H,5-6,11-14H2,1H3,(H2,20,25,26)(H2,21,22,23);1H. The molecular weight excluding hydrogens is 521 g/mol. The summed E-state index contributed by atoms with van der Waals surface area (Å²) in [7, 11) is -1.92. The van der Waals surface area contributed by atoms with Crippen LogP contribution in [0.4, 0.5) is 0 Å². The lowest BCUT2D eigenvalue weighted by Gasteiger charge is -2.28. The number of sulfonamides is 1. The fraction of sp³-hybridized carbons (Fsp3) is 0.421. The number of hydrogen-bond donors (Lipinski definition) is 3. The molecule has 1 unspecified atom stereocenters. The van der Waals surface area contributed by atoms with Gasteiger partial charge in [-0.25, -0.2) is 13.6 Å². The molecule has 0 saturated carbocycles. The molecule has 3 rings (SSSR count). The molecule has 2 heterocycles. The SMILES string of the molecule is CN=C(NCc1ccc(S(N)(=O)=O)s1)NCC(c1ccccc1)N1CCCC1.I. The second kappa shape index (κ2) is 11.3. The zero-order chi connectivity index (χ0) is 20.0. The molecule has 1 aromatic heterocycles. The van der Waals surface area contributed by atoms with E-state index in [1.165, 1.54) is 35.8 Å². The molecule has 1 aliphatic heterocycles. The van der Waals surface area contributed by atoms with Gasteiger partial charge in [0.1, 0.15) is 4.21 Å². The second-order valence-electron chi connectivity index (χ2n) is 6.74. The van der Waals surface area contributed by atoms with Crippen LogP contribution in [-0.4, -0.2) is 46.0 Å². The van der Waals surface area contributed by atoms with Crippen LogP contribution in [0.15, 0.2) is 51.7 Å². The third-order valence-corrected chi connectivity index (χ3v) is 7.32. The van der Waals surface area contributed by atoms with Gasteiger partial charge in [-0.05, 0) is 43.6 Å². The molecule has 10 heteroatoms. The summed E-state index contributed by atoms with van der Waals surface area (Å²) in [6, 6.07) is 14.1. The Morgan fingerprint density at radius 1 is 1.17 bits per heavy atom. The summed E-state index contributed by atoms with van der Waals surface area (Å²) in [5.74, 6) is 0.686. The zero-order valence-electron chi connectivity index (χ0n) is 16.4. The molecule has 1 aromatic carbocycles. The molecule has 160 valence electrons. The van der Waals surface area contributed by atoms with E-state index < -0.39 is 10.0 Å². The number of benzene rings is 1. The molecule has 4 N–H and O–H groups in total. The number of likely N-dealkylation sites (tertiary alicyclic amines) is 1. The minimum atomic E-state index is -3.65. The number of guanidine groups is 1. The van der Waals surface area contributed by atoms with Gasteiger partial charge in [-0.15, -0.1) is 35.3 Å². The fourth-order valence-corrected chi connectivity index (χ4v) is 5.10. The summed E-state index contributed by atoms with van der Waals surface area (Å²) < 4.78 is 23.0. The molecule has 1 aliphatic rings. The Morgan fingerprint density at radius 3 is 2.45 bits per heavy atom. The molecule has 2 aromatic rings. The van der Waals surface area contributed by atoms with Gasteiger partial charge in [-0.3, -0.25) is 9.89 Å². The third kappa shape index (κ3) is 6.92. The van der Waals surface area contributed by atoms with E-state index >= 15 is 0 Å². The third-order valence-electron chi connectivity index (χ3n) is 4.80. The van der Waals surface area contributed by atoms with Crippen molar-refractivity contribution in [3.63, 3.8) is 0 Å². The smallest absolute Gasteiger partial charge is 0.247 e. The van der Waals surface area contributed by atoms with E-state index in [1.807, 2.05) is 6.07 Å². The van der Waals surface area contributed by atoms with Crippen molar-refractivity contribution < 1.29 is 8.42 Å². The molecule has 0 amide bonds. The van der Waals surface area contributed by atoms with Crippen molar-refractivity contribution >= 4 is 51.3 Å². The first-order valence-electron chi connectivity index (χ1n) is 9.32. The van der Waals surface area contributed by atoms with Crippen LogP contribution in [0.5, 0.6) is 0 Å². The Morgan fingerprint density at radius 2 is 1.86 bits per heavy atom. The van der Waals surface area contributed by atoms with E-state index in [0.29, 0.717) is 12.5 Å². The highest BCUT2D eigenvalue weighted by molar-refractivity contribution is 14.0. The van der Waals surface area contributed by atoms with E-state index in [-0.39, 0.29) is 34.2 Å². The van der Waals surface area contributed by atoms with E-state index in [9.17, 15) is 8.42 Å². The Labute approximate surface area is 193 Å². The Balaban J connectivity index is 0.00000300. The summed E-state index contributed by atoms with van der Waals surface area (Å²) in [4.78, 5) is 7.68. The first-order chi connectivity index (χ1) is 13.5. The number of hydrogen-bond acceptors (Lipinski definition) is 5. The molecule has 0 aliphatic carbocycles. The van der Waals surface area contributed by atoms with E-state index in [4.69, 9.17) is 5.14 Å². The van der Waals surface area contributed by atoms with Crippen molar-refractivity contribution in [2.24, 2.45) is 10.1 Å². The minimum Gasteiger partial charge on any atom is -0.354 e. The maximum atomic E-state index is 11.4. The lowest BCUT2D eigenvalue weighted by atomic mass is 10.1. The average Bonchev–Trinajstić information content (AvgIpc) is 3.37. The highest BCUT2D eigenvalue weighted by Gasteiger charge is 2.23. The van der Waals surface area contributed by atoms with Crippen LogP contribution in [0.1, 0.15) is 29.3 Å². The van der Waals surface area contributed by atoms with Crippen LogP contribution < -0.4 is 15.8 Å². The van der Waals surface area contributed by atoms with Crippen LogP contribution in [0.3, 0.4) is 0 Å². The van der Waals surface area contributed by atoms with Crippen molar-refractivity contribution in [3.8, 4) is 0 Å². The van der Waals surface area contributed by atoms with Crippen molar-refractivity contribution in [3.05, 3.63) is 52.9 Å². The van der Waals surface area contributed by atoms with Gasteiger partial charge in [0.25, 0.3) is 0 Å². The van der Waals surface area contributed by atoms with Crippen LogP contribution in [0, 0.1) is 0 Å². The van der Waals surface area contributed by atoms with Crippen LogP contribution in [0.2, 0.25) is 0 Å². The van der Waals surface area contributed by atoms with Crippen molar-refractivity contribution in [2.45, 2.75) is 29.6 Å². The quantitative estimate of drug-likeness (QED) is 0.280. The van der Waals surface area contributed by atoms with Crippen LogP contribution >= 0.6 is 35.3 Å². The molecule has 7 nitrogen and oxygen atoms in total. The predicted octanol–water partition coefficient (Wildman–Crippen LogP) is 2.52. The average molecular weight is 550 g/mol. The number of halogens is 1. The van der Waals surface area contributed by atoms with Gasteiger partial charge < -0.3 is 10.6 Å². The second-order valence-corrected chi connectivity index (χ2v) is 9.70. The lowest BCUT2D eigenvalue weighted by Crippen LogP contribution is -2.42. The van der Waals surface area contributed by atoms with Gasteiger partial charge in [-0.2, -0.15) is 0 Å². The van der Waals surface area contributed by atoms with E-state index in [0.717, 1.165) is 24.5 Å². The van der Waals surface area contributed by atoms with Crippen molar-refractivity contribution in [1.82, 2.24) is 15.5 Å². The van der Waals surface area contributed by atoms with Gasteiger partial charge in [0.05, 0.1) is 12.6 Å². The van der Waals surface area contributed by atoms with Gasteiger partial charge in [0.15, 0.2) is 5.96 Å². The maximum Gasteiger partial charge on any atom is 0.247 e. The minimum absolute atomic E-state index is 0. The molecule has 1 saturated heterocycles. The first-order valence-corrected chi connectivity index (χ1v) is 11.7. The van der Waals surface area contributed by atoms with Gasteiger partial charge in [0, 0.05) is 18.5 Å². The Kier molecular flexibility index (Phi) is 9.34. The summed E-state index contributed by atoms with van der Waals surface area (Å²) >= 11 is 1.17. The van der Waals surface area contributed by atoms with Crippen LogP contribution in [0.25, 0.3) is 0 Å². The number of primary sulfonamides is 1. The fourth-order valence-electron chi connectivity index (χ4n) is 3.38. The predicted molar refractivity (Wildman–Crippen MR) is 129 cm³/mol. The largest absolute Gasteiger partial charge is 0.354 e. The Bertz CT molecular complexity index is 896. The number of aliphatic imine (C=N–C) groups is 1. The molecular formula is C19H28IN5O2S2. The van der Waals surface area contributed by atoms with Crippen molar-refractivity contribution in [1.29, 1.82) is 0 Å². The monoisotopic (exact) mass is 549 g/mol. The van der Waals surface area contributed by atoms with Gasteiger partial charge >= 0.3 is 0 Å². The Hall–Kier alpha value is -1.21. The highest BCUT2D eigenvalue weighted by atomic mass is 127. The topological polar surface area (TPSA) is 99.8 Å².